The summed E-state index contributed by atoms with van der Waals surface area (Å²) in [5.74, 6) is 2.08. The van der Waals surface area contributed by atoms with E-state index < -0.39 is 24.7 Å². The van der Waals surface area contributed by atoms with Crippen LogP contribution in [0.5, 0.6) is 0 Å². The van der Waals surface area contributed by atoms with Gasteiger partial charge < -0.3 is 8.46 Å². The topological polar surface area (TPSA) is 46.8 Å². The highest BCUT2D eigenvalue weighted by molar-refractivity contribution is 7.08. The first-order valence-corrected chi connectivity index (χ1v) is 22.7. The van der Waals surface area contributed by atoms with Crippen LogP contribution in [0.4, 0.5) is 5.82 Å². The number of fused-ring (bicyclic) bond motifs is 1. The van der Waals surface area contributed by atoms with Crippen molar-refractivity contribution in [1.82, 2.24) is 19.2 Å². The van der Waals surface area contributed by atoms with Crippen molar-refractivity contribution in [3.05, 3.63) is 12.7 Å². The zero-order valence-electron chi connectivity index (χ0n) is 30.4. The van der Waals surface area contributed by atoms with Crippen LogP contribution in [-0.2, 0) is 0 Å². The minimum absolute atomic E-state index is 0.0381. The molecule has 5 nitrogen and oxygen atoms in total. The number of anilines is 1. The Morgan fingerprint density at radius 3 is 1.12 bits per heavy atom. The van der Waals surface area contributed by atoms with Gasteiger partial charge in [0.25, 0.3) is 0 Å². The van der Waals surface area contributed by atoms with Gasteiger partial charge in [-0.1, -0.05) is 144 Å². The first kappa shape index (κ1) is 35.2. The summed E-state index contributed by atoms with van der Waals surface area (Å²) in [7, 11) is -7.22. The van der Waals surface area contributed by atoms with Crippen LogP contribution in [0.1, 0.15) is 125 Å². The molecule has 0 aromatic heterocycles. The molecule has 0 spiro atoms. The summed E-state index contributed by atoms with van der Waals surface area (Å²) >= 11 is 0. The Balaban J connectivity index is 3.68. The molecule has 0 amide bonds. The molecule has 0 N–H and O–H groups in total. The van der Waals surface area contributed by atoms with Gasteiger partial charge in [-0.3, -0.25) is 0 Å². The molecule has 0 bridgehead atoms. The Kier molecular flexibility index (Phi) is 8.59. The maximum Gasteiger partial charge on any atom is 0.184 e. The van der Waals surface area contributed by atoms with E-state index >= 15 is 0 Å². The van der Waals surface area contributed by atoms with Crippen LogP contribution in [0, 0.1) is 0 Å². The molecule has 0 unspecified atom stereocenters. The second-order valence-electron chi connectivity index (χ2n) is 19.4. The van der Waals surface area contributed by atoms with Crippen LogP contribution in [0.3, 0.4) is 0 Å². The average Bonchev–Trinajstić information content (AvgIpc) is 3.07. The third kappa shape index (κ3) is 4.99. The van der Waals surface area contributed by atoms with E-state index in [0.717, 1.165) is 11.5 Å². The largest absolute Gasteiger partial charge is 0.406 e. The Bertz CT molecular complexity index is 1030. The summed E-state index contributed by atoms with van der Waals surface area (Å²) in [6.07, 6.45) is 3.85. The normalized spacial score (nSPS) is 15.6. The lowest BCUT2D eigenvalue weighted by atomic mass is 10.2. The fraction of sp³-hybridized carbons (Fsp3) is 0.844. The van der Waals surface area contributed by atoms with Gasteiger partial charge in [0.15, 0.2) is 30.5 Å². The van der Waals surface area contributed by atoms with E-state index in [1.54, 1.807) is 6.33 Å². The number of hydrogen-bond acceptors (Lipinski definition) is 4. The summed E-state index contributed by atoms with van der Waals surface area (Å²) in [5.41, 5.74) is 0.981. The molecule has 2 heterocycles. The number of aromatic nitrogens is 4. The van der Waals surface area contributed by atoms with Crippen LogP contribution < -0.4 is 4.23 Å². The van der Waals surface area contributed by atoms with Gasteiger partial charge >= 0.3 is 0 Å². The van der Waals surface area contributed by atoms with Crippen LogP contribution >= 0.6 is 0 Å². The lowest BCUT2D eigenvalue weighted by Crippen LogP contribution is -2.84. The number of hydrogen-bond donors (Lipinski definition) is 0. The zero-order chi connectivity index (χ0) is 31.9. The highest BCUT2D eigenvalue weighted by Crippen LogP contribution is 2.72. The van der Waals surface area contributed by atoms with Crippen molar-refractivity contribution >= 4 is 30.5 Å². The highest BCUT2D eigenvalue weighted by Gasteiger charge is 2.74. The van der Waals surface area contributed by atoms with Gasteiger partial charge in [-0.15, -0.1) is 0 Å². The summed E-state index contributed by atoms with van der Waals surface area (Å²) in [6, 6.07) is 0. The van der Waals surface area contributed by atoms with Crippen LogP contribution in [-0.4, -0.2) is 43.9 Å². The fourth-order valence-electron chi connectivity index (χ4n) is 10.8. The quantitative estimate of drug-likeness (QED) is 0.326. The first-order valence-electron chi connectivity index (χ1n) is 15.3. The average molecular weight is 604 g/mol. The second kappa shape index (κ2) is 9.76. The van der Waals surface area contributed by atoms with Gasteiger partial charge in [-0.2, -0.15) is 0 Å². The van der Waals surface area contributed by atoms with Gasteiger partial charge in [-0.25, -0.2) is 15.0 Å². The van der Waals surface area contributed by atoms with E-state index in [-0.39, 0.29) is 30.2 Å². The van der Waals surface area contributed by atoms with E-state index in [4.69, 9.17) is 15.0 Å². The van der Waals surface area contributed by atoms with Crippen molar-refractivity contribution in [1.29, 1.82) is 0 Å². The van der Waals surface area contributed by atoms with E-state index in [0.29, 0.717) is 0 Å². The molecule has 0 aliphatic carbocycles. The van der Waals surface area contributed by atoms with Crippen LogP contribution in [0.15, 0.2) is 12.7 Å². The summed E-state index contributed by atoms with van der Waals surface area (Å²) in [6.45, 7) is 53.2. The lowest BCUT2D eigenvalue weighted by Gasteiger charge is -2.75. The van der Waals surface area contributed by atoms with Crippen LogP contribution in [0.25, 0.3) is 11.5 Å². The molecule has 0 aromatic rings. The molecule has 0 fully saturated rings. The van der Waals surface area contributed by atoms with Crippen molar-refractivity contribution in [2.24, 2.45) is 0 Å². The maximum atomic E-state index is 5.06. The van der Waals surface area contributed by atoms with Gasteiger partial charge in [0.1, 0.15) is 17.8 Å². The predicted octanol–water partition coefficient (Wildman–Crippen LogP) is 11.0. The monoisotopic (exact) mass is 603 g/mol. The fourth-order valence-corrected chi connectivity index (χ4v) is 38.9. The number of rotatable bonds is 4. The van der Waals surface area contributed by atoms with Crippen molar-refractivity contribution in [3.8, 4) is 11.5 Å². The van der Waals surface area contributed by atoms with Gasteiger partial charge in [-0.05, 0) is 30.2 Å². The molecular weight excluding hydrogens is 539 g/mol. The van der Waals surface area contributed by atoms with Gasteiger partial charge in [0.05, 0.1) is 6.33 Å². The summed E-state index contributed by atoms with van der Waals surface area (Å²) in [5, 5.41) is 0.228. The number of nitrogens with zero attached hydrogens (tertiary/aromatic N) is 5. The smallest absolute Gasteiger partial charge is 0.184 e. The molecule has 2 aliphatic heterocycles. The molecule has 0 radical (unpaired) electrons. The van der Waals surface area contributed by atoms with Crippen LogP contribution in [0.2, 0.25) is 49.9 Å². The third-order valence-corrected chi connectivity index (χ3v) is 28.0. The third-order valence-electron chi connectivity index (χ3n) is 9.43. The maximum absolute atomic E-state index is 5.06. The first-order chi connectivity index (χ1) is 17.3. The number of imidazole rings is 1. The predicted molar refractivity (Wildman–Crippen MR) is 185 cm³/mol. The Morgan fingerprint density at radius 1 is 0.525 bits per heavy atom. The Hall–Kier alpha value is -0.999. The molecule has 0 atom stereocenters. The molecule has 8 heteroatoms. The minimum Gasteiger partial charge on any atom is -0.406 e. The molecule has 0 aromatic carbocycles. The highest BCUT2D eigenvalue weighted by atomic mass is 28.4. The second-order valence-corrected chi connectivity index (χ2v) is 37.4. The lowest BCUT2D eigenvalue weighted by molar-refractivity contribution is 0.496. The standard InChI is InChI=1S/C32H65N5Si3/c1-27(2,3)39(28(4,5)6,29(7,8)9)37(40(30(10,11)12,31(13,14)15)32(16,17)18)26-24-25(34-22-33-24)35-23-36(26)38(19,20)21/h22-23H,1-21H3. The SMILES string of the molecule is CC(C)(C)[Si](N(c1c2ncnc-2ncn1[Si](C)(C)C)[Si](C(C)(C)C)(C(C)(C)C)C(C)(C)C)(C(C)(C)C)C(C)(C)C. The van der Waals surface area contributed by atoms with E-state index in [9.17, 15) is 0 Å². The van der Waals surface area contributed by atoms with E-state index in [1.165, 1.54) is 5.82 Å². The summed E-state index contributed by atoms with van der Waals surface area (Å²) < 4.78 is 5.83. The molecule has 40 heavy (non-hydrogen) atoms. The van der Waals surface area contributed by atoms with Crippen molar-refractivity contribution in [2.45, 2.75) is 174 Å². The summed E-state index contributed by atoms with van der Waals surface area (Å²) in [4.78, 5) is 14.7. The van der Waals surface area contributed by atoms with E-state index in [2.05, 4.69) is 159 Å². The minimum atomic E-state index is -2.64. The van der Waals surface area contributed by atoms with E-state index in [1.807, 2.05) is 0 Å². The van der Waals surface area contributed by atoms with Crippen molar-refractivity contribution < 1.29 is 0 Å². The molecule has 2 rings (SSSR count). The van der Waals surface area contributed by atoms with Gasteiger partial charge in [0, 0.05) is 0 Å². The molecule has 0 saturated carbocycles. The molecular formula is C32H65N5Si3. The Labute approximate surface area is 252 Å². The molecule has 2 aliphatic rings. The molecule has 0 saturated heterocycles. The van der Waals surface area contributed by atoms with Crippen molar-refractivity contribution in [3.63, 3.8) is 0 Å². The van der Waals surface area contributed by atoms with Gasteiger partial charge in [0.2, 0.25) is 0 Å². The van der Waals surface area contributed by atoms with Crippen molar-refractivity contribution in [2.75, 3.05) is 4.23 Å². The zero-order valence-corrected chi connectivity index (χ0v) is 33.4. The Morgan fingerprint density at radius 2 is 0.850 bits per heavy atom. The molecule has 230 valence electrons.